The summed E-state index contributed by atoms with van der Waals surface area (Å²) in [6, 6.07) is 7.24. The molecule has 3 rings (SSSR count). The van der Waals surface area contributed by atoms with Crippen LogP contribution < -0.4 is 10.1 Å². The van der Waals surface area contributed by atoms with Crippen molar-refractivity contribution in [2.45, 2.75) is 50.3 Å². The summed E-state index contributed by atoms with van der Waals surface area (Å²) in [6.07, 6.45) is 6.06. The molecule has 2 fully saturated rings. The molecule has 0 amide bonds. The summed E-state index contributed by atoms with van der Waals surface area (Å²) in [5, 5.41) is 3.70. The van der Waals surface area contributed by atoms with Crippen LogP contribution in [0.4, 0.5) is 4.39 Å². The van der Waals surface area contributed by atoms with Crippen LogP contribution in [0.3, 0.4) is 0 Å². The summed E-state index contributed by atoms with van der Waals surface area (Å²) in [4.78, 5) is 0. The third kappa shape index (κ3) is 3.49. The van der Waals surface area contributed by atoms with Crippen molar-refractivity contribution in [1.82, 2.24) is 5.32 Å². The predicted molar refractivity (Wildman–Crippen MR) is 75.4 cm³/mol. The predicted octanol–water partition coefficient (Wildman–Crippen LogP) is 2.89. The summed E-state index contributed by atoms with van der Waals surface area (Å²) in [7, 11) is 0. The fourth-order valence-corrected chi connectivity index (χ4v) is 3.13. The van der Waals surface area contributed by atoms with E-state index in [1.807, 2.05) is 0 Å². The van der Waals surface area contributed by atoms with Crippen LogP contribution in [0.25, 0.3) is 0 Å². The van der Waals surface area contributed by atoms with Gasteiger partial charge in [-0.2, -0.15) is 0 Å². The van der Waals surface area contributed by atoms with Gasteiger partial charge in [-0.3, -0.25) is 0 Å². The molecule has 0 radical (unpaired) electrons. The van der Waals surface area contributed by atoms with E-state index in [-0.39, 0.29) is 11.9 Å². The highest BCUT2D eigenvalue weighted by Crippen LogP contribution is 2.22. The van der Waals surface area contributed by atoms with Crippen molar-refractivity contribution >= 4 is 0 Å². The van der Waals surface area contributed by atoms with Gasteiger partial charge in [0.15, 0.2) is 0 Å². The van der Waals surface area contributed by atoms with Gasteiger partial charge in [0, 0.05) is 24.8 Å². The molecule has 1 aromatic carbocycles. The average molecular weight is 279 g/mol. The number of halogens is 1. The van der Waals surface area contributed by atoms with E-state index in [1.54, 1.807) is 12.1 Å². The van der Waals surface area contributed by atoms with Crippen molar-refractivity contribution < 1.29 is 13.9 Å². The molecular formula is C16H22FNO2. The molecule has 0 unspecified atom stereocenters. The molecule has 0 spiro atoms. The Labute approximate surface area is 119 Å². The lowest BCUT2D eigenvalue weighted by molar-refractivity contribution is -0.0174. The van der Waals surface area contributed by atoms with E-state index >= 15 is 0 Å². The SMILES string of the molecule is Fc1cccc(O[C@@H]2COCC[C@H]2NC2CCCC2)c1. The maximum Gasteiger partial charge on any atom is 0.137 e. The summed E-state index contributed by atoms with van der Waals surface area (Å²) in [6.45, 7) is 1.34. The minimum absolute atomic E-state index is 0.0360. The van der Waals surface area contributed by atoms with Gasteiger partial charge in [0.1, 0.15) is 17.7 Å². The van der Waals surface area contributed by atoms with E-state index < -0.39 is 0 Å². The molecule has 0 aromatic heterocycles. The Morgan fingerprint density at radius 3 is 2.85 bits per heavy atom. The van der Waals surface area contributed by atoms with Crippen LogP contribution in [0.5, 0.6) is 5.75 Å². The molecule has 110 valence electrons. The van der Waals surface area contributed by atoms with Crippen LogP contribution >= 0.6 is 0 Å². The van der Waals surface area contributed by atoms with Gasteiger partial charge in [-0.05, 0) is 31.4 Å². The summed E-state index contributed by atoms with van der Waals surface area (Å²) >= 11 is 0. The molecule has 1 aliphatic carbocycles. The molecule has 1 N–H and O–H groups in total. The van der Waals surface area contributed by atoms with E-state index in [1.165, 1.54) is 37.8 Å². The number of rotatable bonds is 4. The van der Waals surface area contributed by atoms with Gasteiger partial charge in [0.2, 0.25) is 0 Å². The zero-order chi connectivity index (χ0) is 13.8. The largest absolute Gasteiger partial charge is 0.486 e. The lowest BCUT2D eigenvalue weighted by Gasteiger charge is -2.34. The number of hydrogen-bond acceptors (Lipinski definition) is 3. The Morgan fingerprint density at radius 2 is 2.05 bits per heavy atom. The molecule has 1 aliphatic heterocycles. The molecule has 1 aromatic rings. The van der Waals surface area contributed by atoms with Crippen LogP contribution in [0.15, 0.2) is 24.3 Å². The van der Waals surface area contributed by atoms with Crippen LogP contribution in [0.1, 0.15) is 32.1 Å². The van der Waals surface area contributed by atoms with Gasteiger partial charge in [-0.25, -0.2) is 4.39 Å². The molecule has 3 nitrogen and oxygen atoms in total. The van der Waals surface area contributed by atoms with Gasteiger partial charge in [-0.15, -0.1) is 0 Å². The van der Waals surface area contributed by atoms with Crippen molar-refractivity contribution in [1.29, 1.82) is 0 Å². The topological polar surface area (TPSA) is 30.5 Å². The third-order valence-corrected chi connectivity index (χ3v) is 4.19. The lowest BCUT2D eigenvalue weighted by Crippen LogP contribution is -2.52. The lowest BCUT2D eigenvalue weighted by atomic mass is 10.0. The number of nitrogens with one attached hydrogen (secondary N) is 1. The zero-order valence-electron chi connectivity index (χ0n) is 11.7. The first-order valence-electron chi connectivity index (χ1n) is 7.57. The Kier molecular flexibility index (Phi) is 4.53. The summed E-state index contributed by atoms with van der Waals surface area (Å²) < 4.78 is 24.7. The molecule has 1 saturated carbocycles. The van der Waals surface area contributed by atoms with Crippen LogP contribution in [0.2, 0.25) is 0 Å². The highest BCUT2D eigenvalue weighted by molar-refractivity contribution is 5.23. The molecule has 2 atom stereocenters. The Hall–Kier alpha value is -1.13. The highest BCUT2D eigenvalue weighted by Gasteiger charge is 2.30. The molecule has 2 aliphatic rings. The number of ether oxygens (including phenoxy) is 2. The first-order valence-corrected chi connectivity index (χ1v) is 7.57. The Balaban J connectivity index is 1.62. The first kappa shape index (κ1) is 13.8. The molecule has 1 saturated heterocycles. The van der Waals surface area contributed by atoms with Gasteiger partial charge >= 0.3 is 0 Å². The molecule has 20 heavy (non-hydrogen) atoms. The smallest absolute Gasteiger partial charge is 0.137 e. The molecule has 4 heteroatoms. The van der Waals surface area contributed by atoms with E-state index in [9.17, 15) is 4.39 Å². The monoisotopic (exact) mass is 279 g/mol. The van der Waals surface area contributed by atoms with Crippen molar-refractivity contribution in [2.24, 2.45) is 0 Å². The average Bonchev–Trinajstić information content (AvgIpc) is 2.94. The molecule has 1 heterocycles. The fourth-order valence-electron chi connectivity index (χ4n) is 3.13. The normalized spacial score (nSPS) is 27.6. The second-order valence-corrected chi connectivity index (χ2v) is 5.73. The fraction of sp³-hybridized carbons (Fsp3) is 0.625. The molecular weight excluding hydrogens is 257 g/mol. The van der Waals surface area contributed by atoms with Gasteiger partial charge in [0.05, 0.1) is 6.61 Å². The van der Waals surface area contributed by atoms with Crippen molar-refractivity contribution in [3.05, 3.63) is 30.1 Å². The maximum atomic E-state index is 13.2. The minimum Gasteiger partial charge on any atom is -0.486 e. The van der Waals surface area contributed by atoms with Gasteiger partial charge < -0.3 is 14.8 Å². The summed E-state index contributed by atoms with van der Waals surface area (Å²) in [5.74, 6) is 0.318. The first-order chi connectivity index (χ1) is 9.81. The van der Waals surface area contributed by atoms with E-state index in [4.69, 9.17) is 9.47 Å². The standard InChI is InChI=1S/C16H22FNO2/c17-12-4-3-7-14(10-12)20-16-11-19-9-8-15(16)18-13-5-1-2-6-13/h3-4,7,10,13,15-16,18H,1-2,5-6,8-9,11H2/t15-,16-/m1/s1. The maximum absolute atomic E-state index is 13.2. The van der Waals surface area contributed by atoms with Crippen molar-refractivity contribution in [2.75, 3.05) is 13.2 Å². The van der Waals surface area contributed by atoms with E-state index in [0.29, 0.717) is 24.4 Å². The van der Waals surface area contributed by atoms with Gasteiger partial charge in [-0.1, -0.05) is 18.9 Å². The van der Waals surface area contributed by atoms with E-state index in [2.05, 4.69) is 5.32 Å². The third-order valence-electron chi connectivity index (χ3n) is 4.19. The second-order valence-electron chi connectivity index (χ2n) is 5.73. The van der Waals surface area contributed by atoms with Crippen molar-refractivity contribution in [3.8, 4) is 5.75 Å². The number of benzene rings is 1. The van der Waals surface area contributed by atoms with E-state index in [0.717, 1.165) is 13.0 Å². The quantitative estimate of drug-likeness (QED) is 0.919. The second kappa shape index (κ2) is 6.55. The Bertz CT molecular complexity index is 434. The highest BCUT2D eigenvalue weighted by atomic mass is 19.1. The van der Waals surface area contributed by atoms with Crippen LogP contribution in [-0.4, -0.2) is 31.4 Å². The van der Waals surface area contributed by atoms with Crippen LogP contribution in [-0.2, 0) is 4.74 Å². The van der Waals surface area contributed by atoms with Gasteiger partial charge in [0.25, 0.3) is 0 Å². The molecule has 0 bridgehead atoms. The summed E-state index contributed by atoms with van der Waals surface area (Å²) in [5.41, 5.74) is 0. The number of hydrogen-bond donors (Lipinski definition) is 1. The van der Waals surface area contributed by atoms with Crippen LogP contribution in [0, 0.1) is 5.82 Å². The van der Waals surface area contributed by atoms with Crippen molar-refractivity contribution in [3.63, 3.8) is 0 Å². The minimum atomic E-state index is -0.264. The Morgan fingerprint density at radius 1 is 1.20 bits per heavy atom. The zero-order valence-corrected chi connectivity index (χ0v) is 11.7.